The molecule has 0 fully saturated rings. The Bertz CT molecular complexity index is 862. The minimum Gasteiger partial charge on any atom is -0.493 e. The second-order valence-electron chi connectivity index (χ2n) is 5.26. The minimum atomic E-state index is -0.349. The highest BCUT2D eigenvalue weighted by Crippen LogP contribution is 2.31. The molecule has 1 N–H and O–H groups in total. The number of para-hydroxylation sites is 1. The van der Waals surface area contributed by atoms with E-state index in [0.717, 1.165) is 5.56 Å². The van der Waals surface area contributed by atoms with Crippen molar-refractivity contribution in [3.8, 4) is 11.5 Å². The standard InChI is InChI=1S/C18H18N4O3/c1-24-15-10-6-9-14(16(15)25-2)17(23)20-18-21-19-12-22(18)11-13-7-4-3-5-8-13/h3-10,12H,11H2,1-2H3,(H,20,21,23). The van der Waals surface area contributed by atoms with Crippen molar-refractivity contribution in [3.05, 3.63) is 66.0 Å². The highest BCUT2D eigenvalue weighted by molar-refractivity contribution is 6.06. The number of benzene rings is 2. The quantitative estimate of drug-likeness (QED) is 0.747. The SMILES string of the molecule is COc1cccc(C(=O)Nc2nncn2Cc2ccccc2)c1OC. The van der Waals surface area contributed by atoms with Crippen molar-refractivity contribution in [2.45, 2.75) is 6.54 Å². The first kappa shape index (κ1) is 16.5. The Hall–Kier alpha value is -3.35. The fraction of sp³-hybridized carbons (Fsp3) is 0.167. The molecule has 0 bridgehead atoms. The van der Waals surface area contributed by atoms with Crippen LogP contribution in [0.1, 0.15) is 15.9 Å². The lowest BCUT2D eigenvalue weighted by atomic mass is 10.1. The molecule has 3 aromatic rings. The van der Waals surface area contributed by atoms with Gasteiger partial charge in [-0.05, 0) is 17.7 Å². The van der Waals surface area contributed by atoms with Crippen molar-refractivity contribution in [3.63, 3.8) is 0 Å². The summed E-state index contributed by atoms with van der Waals surface area (Å²) in [5.41, 5.74) is 1.44. The van der Waals surface area contributed by atoms with Crippen LogP contribution in [0.2, 0.25) is 0 Å². The molecule has 7 nitrogen and oxygen atoms in total. The monoisotopic (exact) mass is 338 g/mol. The number of rotatable bonds is 6. The number of aromatic nitrogens is 3. The van der Waals surface area contributed by atoms with Crippen molar-refractivity contribution >= 4 is 11.9 Å². The van der Waals surface area contributed by atoms with Crippen molar-refractivity contribution in [1.29, 1.82) is 0 Å². The summed E-state index contributed by atoms with van der Waals surface area (Å²) in [7, 11) is 3.02. The van der Waals surface area contributed by atoms with E-state index >= 15 is 0 Å². The molecule has 0 atom stereocenters. The summed E-state index contributed by atoms with van der Waals surface area (Å²) in [6.07, 6.45) is 1.57. The smallest absolute Gasteiger partial charge is 0.261 e. The van der Waals surface area contributed by atoms with E-state index in [4.69, 9.17) is 9.47 Å². The zero-order valence-electron chi connectivity index (χ0n) is 14.0. The number of nitrogens with zero attached hydrogens (tertiary/aromatic N) is 3. The molecule has 0 spiro atoms. The van der Waals surface area contributed by atoms with Gasteiger partial charge in [0.25, 0.3) is 5.91 Å². The first-order valence-electron chi connectivity index (χ1n) is 7.67. The fourth-order valence-corrected chi connectivity index (χ4v) is 2.48. The van der Waals surface area contributed by atoms with E-state index in [9.17, 15) is 4.79 Å². The van der Waals surface area contributed by atoms with Gasteiger partial charge in [-0.1, -0.05) is 36.4 Å². The van der Waals surface area contributed by atoms with Crippen molar-refractivity contribution in [1.82, 2.24) is 14.8 Å². The van der Waals surface area contributed by atoms with Crippen LogP contribution < -0.4 is 14.8 Å². The van der Waals surface area contributed by atoms with Gasteiger partial charge in [0.15, 0.2) is 11.5 Å². The van der Waals surface area contributed by atoms with Gasteiger partial charge < -0.3 is 9.47 Å². The number of ether oxygens (including phenoxy) is 2. The third-order valence-electron chi connectivity index (χ3n) is 3.68. The number of hydrogen-bond donors (Lipinski definition) is 1. The highest BCUT2D eigenvalue weighted by Gasteiger charge is 2.18. The predicted molar refractivity (Wildman–Crippen MR) is 93.1 cm³/mol. The largest absolute Gasteiger partial charge is 0.493 e. The Kier molecular flexibility index (Phi) is 4.94. The lowest BCUT2D eigenvalue weighted by molar-refractivity contribution is 0.102. The first-order valence-corrected chi connectivity index (χ1v) is 7.67. The van der Waals surface area contributed by atoms with Crippen LogP contribution in [0.5, 0.6) is 11.5 Å². The summed E-state index contributed by atoms with van der Waals surface area (Å²) in [5, 5.41) is 10.6. The van der Waals surface area contributed by atoms with E-state index in [0.29, 0.717) is 29.6 Å². The normalized spacial score (nSPS) is 10.3. The Morgan fingerprint density at radius 3 is 2.60 bits per heavy atom. The molecule has 0 saturated heterocycles. The second-order valence-corrected chi connectivity index (χ2v) is 5.26. The van der Waals surface area contributed by atoms with Crippen LogP contribution in [-0.4, -0.2) is 34.9 Å². The van der Waals surface area contributed by atoms with Gasteiger partial charge in [0.1, 0.15) is 6.33 Å². The van der Waals surface area contributed by atoms with Crippen molar-refractivity contribution in [2.75, 3.05) is 19.5 Å². The van der Waals surface area contributed by atoms with Crippen LogP contribution in [-0.2, 0) is 6.54 Å². The number of carbonyl (C=O) groups is 1. The number of hydrogen-bond acceptors (Lipinski definition) is 5. The molecule has 1 heterocycles. The molecule has 0 aliphatic rings. The molecule has 128 valence electrons. The van der Waals surface area contributed by atoms with E-state index in [2.05, 4.69) is 15.5 Å². The number of anilines is 1. The van der Waals surface area contributed by atoms with Gasteiger partial charge >= 0.3 is 0 Å². The summed E-state index contributed by atoms with van der Waals surface area (Å²) in [6, 6.07) is 15.0. The number of amides is 1. The zero-order valence-corrected chi connectivity index (χ0v) is 14.0. The third kappa shape index (κ3) is 3.60. The molecule has 3 rings (SSSR count). The summed E-state index contributed by atoms with van der Waals surface area (Å²) in [6.45, 7) is 0.554. The molecule has 25 heavy (non-hydrogen) atoms. The summed E-state index contributed by atoms with van der Waals surface area (Å²) in [5.74, 6) is 0.870. The van der Waals surface area contributed by atoms with Crippen LogP contribution >= 0.6 is 0 Å². The molecule has 1 amide bonds. The van der Waals surface area contributed by atoms with Crippen LogP contribution in [0.3, 0.4) is 0 Å². The number of methoxy groups -OCH3 is 2. The van der Waals surface area contributed by atoms with Gasteiger partial charge in [0, 0.05) is 0 Å². The molecule has 7 heteroatoms. The van der Waals surface area contributed by atoms with Crippen LogP contribution in [0.4, 0.5) is 5.95 Å². The van der Waals surface area contributed by atoms with Gasteiger partial charge in [-0.2, -0.15) is 0 Å². The van der Waals surface area contributed by atoms with E-state index < -0.39 is 0 Å². The van der Waals surface area contributed by atoms with E-state index in [-0.39, 0.29) is 5.91 Å². The number of nitrogens with one attached hydrogen (secondary N) is 1. The van der Waals surface area contributed by atoms with Gasteiger partial charge in [0.05, 0.1) is 26.3 Å². The Balaban J connectivity index is 1.82. The average Bonchev–Trinajstić information content (AvgIpc) is 3.08. The fourth-order valence-electron chi connectivity index (χ4n) is 2.48. The topological polar surface area (TPSA) is 78.3 Å². The Labute approximate surface area is 145 Å². The van der Waals surface area contributed by atoms with Crippen LogP contribution in [0.15, 0.2) is 54.9 Å². The highest BCUT2D eigenvalue weighted by atomic mass is 16.5. The summed E-state index contributed by atoms with van der Waals surface area (Å²) >= 11 is 0. The van der Waals surface area contributed by atoms with Crippen molar-refractivity contribution in [2.24, 2.45) is 0 Å². The molecular formula is C18H18N4O3. The van der Waals surface area contributed by atoms with Gasteiger partial charge in [-0.3, -0.25) is 14.7 Å². The maximum absolute atomic E-state index is 12.6. The second kappa shape index (κ2) is 7.48. The maximum atomic E-state index is 12.6. The molecular weight excluding hydrogens is 320 g/mol. The molecule has 0 aliphatic carbocycles. The van der Waals surface area contributed by atoms with Crippen LogP contribution in [0.25, 0.3) is 0 Å². The van der Waals surface area contributed by atoms with Gasteiger partial charge in [-0.25, -0.2) is 0 Å². The van der Waals surface area contributed by atoms with E-state index in [1.165, 1.54) is 14.2 Å². The molecule has 0 radical (unpaired) electrons. The van der Waals surface area contributed by atoms with Gasteiger partial charge in [0.2, 0.25) is 5.95 Å². The summed E-state index contributed by atoms with van der Waals surface area (Å²) in [4.78, 5) is 12.6. The Morgan fingerprint density at radius 1 is 1.08 bits per heavy atom. The molecule has 2 aromatic carbocycles. The third-order valence-corrected chi connectivity index (χ3v) is 3.68. The average molecular weight is 338 g/mol. The molecule has 1 aromatic heterocycles. The maximum Gasteiger partial charge on any atom is 0.261 e. The Morgan fingerprint density at radius 2 is 1.88 bits per heavy atom. The molecule has 0 aliphatic heterocycles. The van der Waals surface area contributed by atoms with Crippen molar-refractivity contribution < 1.29 is 14.3 Å². The van der Waals surface area contributed by atoms with E-state index in [1.807, 2.05) is 30.3 Å². The molecule has 0 unspecified atom stereocenters. The van der Waals surface area contributed by atoms with E-state index in [1.54, 1.807) is 29.1 Å². The predicted octanol–water partition coefficient (Wildman–Crippen LogP) is 2.60. The summed E-state index contributed by atoms with van der Waals surface area (Å²) < 4.78 is 12.3. The number of carbonyl (C=O) groups excluding carboxylic acids is 1. The zero-order chi connectivity index (χ0) is 17.6. The molecule has 0 saturated carbocycles. The lowest BCUT2D eigenvalue weighted by Gasteiger charge is -2.12. The first-order chi connectivity index (χ1) is 12.2. The van der Waals surface area contributed by atoms with Gasteiger partial charge in [-0.15, -0.1) is 10.2 Å². The van der Waals surface area contributed by atoms with Crippen LogP contribution in [0, 0.1) is 0 Å². The minimum absolute atomic E-state index is 0.349. The lowest BCUT2D eigenvalue weighted by Crippen LogP contribution is -2.17.